The molecule has 0 saturated carbocycles. The molecule has 0 radical (unpaired) electrons. The molecule has 74 heavy (non-hydrogen) atoms. The highest BCUT2D eigenvalue weighted by Crippen LogP contribution is 2.13. The molecule has 0 saturated heterocycles. The Kier molecular flexibility index (Phi) is 56.5. The summed E-state index contributed by atoms with van der Waals surface area (Å²) in [6.07, 6.45) is 88.4. The number of carbonyl (C=O) groups is 3. The van der Waals surface area contributed by atoms with Gasteiger partial charge in [-0.2, -0.15) is 0 Å². The lowest BCUT2D eigenvalue weighted by molar-refractivity contribution is -0.167. The van der Waals surface area contributed by atoms with Crippen LogP contribution < -0.4 is 0 Å². The van der Waals surface area contributed by atoms with Crippen LogP contribution in [0.2, 0.25) is 0 Å². The van der Waals surface area contributed by atoms with Crippen LogP contribution in [-0.2, 0) is 28.6 Å². The highest BCUT2D eigenvalue weighted by molar-refractivity contribution is 5.71. The van der Waals surface area contributed by atoms with E-state index in [1.54, 1.807) is 0 Å². The number of ether oxygens (including phenoxy) is 3. The molecule has 0 aliphatic heterocycles. The van der Waals surface area contributed by atoms with Crippen molar-refractivity contribution < 1.29 is 28.6 Å². The van der Waals surface area contributed by atoms with Crippen molar-refractivity contribution in [3.8, 4) is 0 Å². The fraction of sp³-hybridized carbons (Fsp3) is 0.574. The van der Waals surface area contributed by atoms with Crippen molar-refractivity contribution in [3.05, 3.63) is 158 Å². The van der Waals surface area contributed by atoms with Gasteiger partial charge in [-0.25, -0.2) is 0 Å². The lowest BCUT2D eigenvalue weighted by atomic mass is 10.1. The maximum atomic E-state index is 12.8. The van der Waals surface area contributed by atoms with E-state index in [0.29, 0.717) is 19.3 Å². The maximum absolute atomic E-state index is 12.8. The van der Waals surface area contributed by atoms with Gasteiger partial charge < -0.3 is 14.2 Å². The number of carbonyl (C=O) groups excluding carboxylic acids is 3. The first-order valence-electron chi connectivity index (χ1n) is 29.5. The van der Waals surface area contributed by atoms with Gasteiger partial charge in [0.2, 0.25) is 0 Å². The normalized spacial score (nSPS) is 13.3. The van der Waals surface area contributed by atoms with Crippen LogP contribution in [0.1, 0.15) is 233 Å². The smallest absolute Gasteiger partial charge is 0.306 e. The maximum Gasteiger partial charge on any atom is 0.306 e. The molecule has 1 atom stereocenters. The van der Waals surface area contributed by atoms with Gasteiger partial charge in [-0.15, -0.1) is 0 Å². The molecular formula is C68H106O6. The standard InChI is InChI=1S/C68H106O6/c1-4-7-10-13-16-18-20-22-24-26-28-30-31-32-33-34-35-36-37-39-40-42-44-46-48-50-52-55-58-61-67(70)73-64-65(63-72-66(69)60-57-54-15-12-9-6-3)74-68(71)62-59-56-53-51-49-47-45-43-41-38-29-27-25-23-21-19-17-14-11-8-5-2/h7-8,10-11,16-19,22-25,28-30,32-33,35-36,38-40,44,46,50,52,65H,4-6,9,12-15,20-21,26-27,31,34,37,41-43,45,47-49,51,53-64H2,1-3H3/b10-7-,11-8-,18-16-,19-17-,24-22-,25-23-,30-28-,33-32-,36-35-,38-29-,40-39-,46-44-,52-50-. The number of allylic oxidation sites excluding steroid dienone is 26. The summed E-state index contributed by atoms with van der Waals surface area (Å²) in [5, 5.41) is 0. The number of unbranched alkanes of at least 4 members (excludes halogenated alkanes) is 14. The van der Waals surface area contributed by atoms with Crippen LogP contribution in [0.5, 0.6) is 0 Å². The van der Waals surface area contributed by atoms with E-state index >= 15 is 0 Å². The fourth-order valence-corrected chi connectivity index (χ4v) is 7.43. The highest BCUT2D eigenvalue weighted by atomic mass is 16.6. The van der Waals surface area contributed by atoms with Gasteiger partial charge in [0.05, 0.1) is 0 Å². The van der Waals surface area contributed by atoms with Crippen molar-refractivity contribution in [3.63, 3.8) is 0 Å². The van der Waals surface area contributed by atoms with E-state index in [-0.39, 0.29) is 37.5 Å². The Balaban J connectivity index is 4.30. The molecular weight excluding hydrogens is 913 g/mol. The third-order valence-electron chi connectivity index (χ3n) is 11.8. The van der Waals surface area contributed by atoms with E-state index in [1.165, 1.54) is 51.4 Å². The van der Waals surface area contributed by atoms with Crippen LogP contribution in [0, 0.1) is 0 Å². The Morgan fingerprint density at radius 1 is 0.284 bits per heavy atom. The third kappa shape index (κ3) is 57.9. The Labute approximate surface area is 454 Å². The van der Waals surface area contributed by atoms with Crippen molar-refractivity contribution in [1.29, 1.82) is 0 Å². The van der Waals surface area contributed by atoms with Gasteiger partial charge in [-0.05, 0) is 122 Å². The summed E-state index contributed by atoms with van der Waals surface area (Å²) in [4.78, 5) is 37.9. The van der Waals surface area contributed by atoms with Crippen LogP contribution >= 0.6 is 0 Å². The van der Waals surface area contributed by atoms with Crippen LogP contribution in [0.15, 0.2) is 158 Å². The minimum absolute atomic E-state index is 0.106. The predicted octanol–water partition coefficient (Wildman–Crippen LogP) is 20.1. The van der Waals surface area contributed by atoms with Crippen molar-refractivity contribution in [2.45, 2.75) is 239 Å². The summed E-state index contributed by atoms with van der Waals surface area (Å²) in [7, 11) is 0. The SMILES string of the molecule is CC/C=C\C/C=C\C/C=C\C/C=C\C/C=C\C/C=C\C/C=C\C/C=C\C/C=C\CCCC(=O)OCC(COC(=O)CCCCCCCC)OC(=O)CCCCCCCCCC/C=C\C/C=C\C/C=C\C/C=C\CC. The average molecular weight is 1020 g/mol. The fourth-order valence-electron chi connectivity index (χ4n) is 7.43. The van der Waals surface area contributed by atoms with Crippen molar-refractivity contribution in [1.82, 2.24) is 0 Å². The second-order valence-corrected chi connectivity index (χ2v) is 18.8. The van der Waals surface area contributed by atoms with Crippen LogP contribution in [0.3, 0.4) is 0 Å². The summed E-state index contributed by atoms with van der Waals surface area (Å²) in [5.74, 6) is -0.995. The Morgan fingerprint density at radius 2 is 0.541 bits per heavy atom. The van der Waals surface area contributed by atoms with Gasteiger partial charge >= 0.3 is 17.9 Å². The number of hydrogen-bond acceptors (Lipinski definition) is 6. The van der Waals surface area contributed by atoms with E-state index in [0.717, 1.165) is 135 Å². The molecule has 0 N–H and O–H groups in total. The molecule has 0 fully saturated rings. The zero-order valence-corrected chi connectivity index (χ0v) is 47.3. The number of rotatable bonds is 51. The monoisotopic (exact) mass is 1020 g/mol. The molecule has 1 unspecified atom stereocenters. The second kappa shape index (κ2) is 60.6. The summed E-state index contributed by atoms with van der Waals surface area (Å²) < 4.78 is 16.7. The first kappa shape index (κ1) is 69.0. The number of esters is 3. The number of hydrogen-bond donors (Lipinski definition) is 0. The molecule has 0 aliphatic carbocycles. The van der Waals surface area contributed by atoms with Gasteiger partial charge in [0.15, 0.2) is 6.10 Å². The van der Waals surface area contributed by atoms with Crippen molar-refractivity contribution >= 4 is 17.9 Å². The largest absolute Gasteiger partial charge is 0.462 e. The topological polar surface area (TPSA) is 78.9 Å². The van der Waals surface area contributed by atoms with Gasteiger partial charge in [0, 0.05) is 19.3 Å². The molecule has 0 spiro atoms. The van der Waals surface area contributed by atoms with Crippen LogP contribution in [0.25, 0.3) is 0 Å². The zero-order valence-electron chi connectivity index (χ0n) is 47.3. The van der Waals surface area contributed by atoms with E-state index in [9.17, 15) is 14.4 Å². The molecule has 0 aromatic rings. The van der Waals surface area contributed by atoms with Crippen molar-refractivity contribution in [2.24, 2.45) is 0 Å². The van der Waals surface area contributed by atoms with Gasteiger partial charge in [0.1, 0.15) is 13.2 Å². The van der Waals surface area contributed by atoms with E-state index in [2.05, 4.69) is 179 Å². The first-order chi connectivity index (χ1) is 36.5. The molecule has 0 heterocycles. The molecule has 0 amide bonds. The quantitative estimate of drug-likeness (QED) is 0.0261. The minimum Gasteiger partial charge on any atom is -0.462 e. The van der Waals surface area contributed by atoms with Crippen LogP contribution in [-0.4, -0.2) is 37.2 Å². The summed E-state index contributed by atoms with van der Waals surface area (Å²) in [6.45, 7) is 6.28. The third-order valence-corrected chi connectivity index (χ3v) is 11.8. The highest BCUT2D eigenvalue weighted by Gasteiger charge is 2.19. The van der Waals surface area contributed by atoms with Gasteiger partial charge in [-0.1, -0.05) is 249 Å². The van der Waals surface area contributed by atoms with E-state index < -0.39 is 6.10 Å². The van der Waals surface area contributed by atoms with E-state index in [4.69, 9.17) is 14.2 Å². The predicted molar refractivity (Wildman–Crippen MR) is 320 cm³/mol. The minimum atomic E-state index is -0.810. The average Bonchev–Trinajstić information content (AvgIpc) is 3.40. The lowest BCUT2D eigenvalue weighted by Gasteiger charge is -2.18. The van der Waals surface area contributed by atoms with Crippen LogP contribution in [0.4, 0.5) is 0 Å². The second-order valence-electron chi connectivity index (χ2n) is 18.8. The summed E-state index contributed by atoms with van der Waals surface area (Å²) in [5.41, 5.74) is 0. The zero-order chi connectivity index (χ0) is 53.6. The van der Waals surface area contributed by atoms with Gasteiger partial charge in [-0.3, -0.25) is 14.4 Å². The van der Waals surface area contributed by atoms with E-state index in [1.807, 2.05) is 0 Å². The Hall–Kier alpha value is -4.97. The molecule has 0 aliphatic rings. The Bertz CT molecular complexity index is 1690. The molecule has 6 heteroatoms. The molecule has 0 aromatic heterocycles. The summed E-state index contributed by atoms with van der Waals surface area (Å²) >= 11 is 0. The molecule has 414 valence electrons. The Morgan fingerprint density at radius 3 is 0.878 bits per heavy atom. The molecule has 0 aromatic carbocycles. The van der Waals surface area contributed by atoms with Crippen molar-refractivity contribution in [2.75, 3.05) is 13.2 Å². The molecule has 0 rings (SSSR count). The molecule has 6 nitrogen and oxygen atoms in total. The summed E-state index contributed by atoms with van der Waals surface area (Å²) in [6, 6.07) is 0. The first-order valence-corrected chi connectivity index (χ1v) is 29.5. The van der Waals surface area contributed by atoms with Gasteiger partial charge in [0.25, 0.3) is 0 Å². The molecule has 0 bridgehead atoms. The lowest BCUT2D eigenvalue weighted by Crippen LogP contribution is -2.30.